The Bertz CT molecular complexity index is 641. The number of hydrogen-bond donors (Lipinski definition) is 1. The first kappa shape index (κ1) is 16.8. The molecule has 2 nitrogen and oxygen atoms in total. The molecule has 2 aromatic carbocycles. The molecule has 1 amide bonds. The van der Waals surface area contributed by atoms with Crippen LogP contribution in [0.15, 0.2) is 54.6 Å². The molecule has 0 radical (unpaired) electrons. The van der Waals surface area contributed by atoms with Gasteiger partial charge < -0.3 is 5.32 Å². The van der Waals surface area contributed by atoms with Crippen LogP contribution in [0.1, 0.15) is 54.1 Å². The lowest BCUT2D eigenvalue weighted by Gasteiger charge is -2.19. The van der Waals surface area contributed by atoms with E-state index in [0.717, 1.165) is 24.4 Å². The van der Waals surface area contributed by atoms with Crippen molar-refractivity contribution in [3.8, 4) is 0 Å². The van der Waals surface area contributed by atoms with Crippen LogP contribution in [0.25, 0.3) is 0 Å². The number of rotatable bonds is 6. The Morgan fingerprint density at radius 3 is 2.29 bits per heavy atom. The second-order valence-corrected chi connectivity index (χ2v) is 7.09. The number of amides is 1. The quantitative estimate of drug-likeness (QED) is 0.811. The summed E-state index contributed by atoms with van der Waals surface area (Å²) in [6, 6.07) is 18.4. The van der Waals surface area contributed by atoms with Crippen LogP contribution in [0.2, 0.25) is 0 Å². The summed E-state index contributed by atoms with van der Waals surface area (Å²) in [5.41, 5.74) is 3.28. The predicted molar refractivity (Wildman–Crippen MR) is 99.1 cm³/mol. The summed E-state index contributed by atoms with van der Waals surface area (Å²) in [6.07, 6.45) is 6.26. The van der Waals surface area contributed by atoms with E-state index >= 15 is 0 Å². The van der Waals surface area contributed by atoms with Crippen molar-refractivity contribution in [1.82, 2.24) is 5.32 Å². The lowest BCUT2D eigenvalue weighted by molar-refractivity contribution is 0.0943. The number of carbonyl (C=O) groups is 1. The van der Waals surface area contributed by atoms with Crippen molar-refractivity contribution in [2.75, 3.05) is 6.54 Å². The van der Waals surface area contributed by atoms with E-state index in [-0.39, 0.29) is 5.91 Å². The molecule has 126 valence electrons. The molecular weight excluding hydrogens is 294 g/mol. The van der Waals surface area contributed by atoms with Crippen LogP contribution < -0.4 is 5.32 Å². The molecule has 0 aromatic heterocycles. The molecule has 1 unspecified atom stereocenters. The highest BCUT2D eigenvalue weighted by molar-refractivity contribution is 5.94. The highest BCUT2D eigenvalue weighted by Gasteiger charge is 2.21. The fraction of sp³-hybridized carbons (Fsp3) is 0.409. The molecule has 2 aromatic rings. The van der Waals surface area contributed by atoms with Crippen molar-refractivity contribution in [3.63, 3.8) is 0 Å². The minimum Gasteiger partial charge on any atom is -0.352 e. The van der Waals surface area contributed by atoms with Gasteiger partial charge in [0.1, 0.15) is 0 Å². The minimum absolute atomic E-state index is 0.0473. The molecule has 1 N–H and O–H groups in total. The van der Waals surface area contributed by atoms with Crippen molar-refractivity contribution >= 4 is 5.91 Å². The zero-order chi connectivity index (χ0) is 16.8. The van der Waals surface area contributed by atoms with Gasteiger partial charge in [-0.2, -0.15) is 0 Å². The van der Waals surface area contributed by atoms with E-state index in [2.05, 4.69) is 48.6 Å². The molecule has 0 bridgehead atoms. The summed E-state index contributed by atoms with van der Waals surface area (Å²) < 4.78 is 0. The number of hydrogen-bond acceptors (Lipinski definition) is 1. The molecule has 0 heterocycles. The summed E-state index contributed by atoms with van der Waals surface area (Å²) >= 11 is 0. The third-order valence-corrected chi connectivity index (χ3v) is 5.26. The van der Waals surface area contributed by atoms with Crippen LogP contribution in [0.5, 0.6) is 0 Å². The van der Waals surface area contributed by atoms with Gasteiger partial charge in [0, 0.05) is 12.1 Å². The van der Waals surface area contributed by atoms with Crippen LogP contribution in [0.4, 0.5) is 0 Å². The van der Waals surface area contributed by atoms with Crippen LogP contribution in [0, 0.1) is 11.8 Å². The van der Waals surface area contributed by atoms with Gasteiger partial charge in [-0.1, -0.05) is 75.1 Å². The molecule has 1 fully saturated rings. The highest BCUT2D eigenvalue weighted by atomic mass is 16.1. The molecule has 0 spiro atoms. The Morgan fingerprint density at radius 2 is 1.62 bits per heavy atom. The molecule has 24 heavy (non-hydrogen) atoms. The van der Waals surface area contributed by atoms with Crippen molar-refractivity contribution < 1.29 is 4.79 Å². The van der Waals surface area contributed by atoms with Crippen molar-refractivity contribution in [2.24, 2.45) is 11.8 Å². The fourth-order valence-corrected chi connectivity index (χ4v) is 3.65. The molecule has 3 rings (SSSR count). The smallest absolute Gasteiger partial charge is 0.251 e. The number of carbonyl (C=O) groups excluding carboxylic acids is 1. The molecular formula is C22H27NO. The van der Waals surface area contributed by atoms with Gasteiger partial charge >= 0.3 is 0 Å². The third-order valence-electron chi connectivity index (χ3n) is 5.26. The Hall–Kier alpha value is -2.09. The number of benzene rings is 2. The van der Waals surface area contributed by atoms with E-state index in [0.29, 0.717) is 5.92 Å². The average molecular weight is 321 g/mol. The largest absolute Gasteiger partial charge is 0.352 e. The van der Waals surface area contributed by atoms with E-state index in [1.807, 2.05) is 18.2 Å². The van der Waals surface area contributed by atoms with Gasteiger partial charge in [0.2, 0.25) is 0 Å². The van der Waals surface area contributed by atoms with Gasteiger partial charge in [0.25, 0.3) is 5.91 Å². The van der Waals surface area contributed by atoms with Gasteiger partial charge in [-0.3, -0.25) is 4.79 Å². The molecule has 1 aliphatic carbocycles. The SMILES string of the molecule is CC(CNC(=O)c1ccc(Cc2ccccc2)cc1)C1CCCC1. The fourth-order valence-electron chi connectivity index (χ4n) is 3.65. The minimum atomic E-state index is 0.0473. The average Bonchev–Trinajstić information content (AvgIpc) is 3.16. The zero-order valence-corrected chi connectivity index (χ0v) is 14.5. The Labute approximate surface area is 145 Å². The van der Waals surface area contributed by atoms with Gasteiger partial charge in [-0.05, 0) is 41.5 Å². The Balaban J connectivity index is 1.52. The van der Waals surface area contributed by atoms with Crippen LogP contribution >= 0.6 is 0 Å². The number of nitrogens with one attached hydrogen (secondary N) is 1. The summed E-state index contributed by atoms with van der Waals surface area (Å²) in [5, 5.41) is 3.11. The standard InChI is InChI=1S/C22H27NO/c1-17(20-9-5-6-10-20)16-23-22(24)21-13-11-19(12-14-21)15-18-7-3-2-4-8-18/h2-4,7-8,11-14,17,20H,5-6,9-10,15-16H2,1H3,(H,23,24). The zero-order valence-electron chi connectivity index (χ0n) is 14.5. The van der Waals surface area contributed by atoms with Crippen molar-refractivity contribution in [3.05, 3.63) is 71.3 Å². The first-order valence-corrected chi connectivity index (χ1v) is 9.13. The molecule has 1 aliphatic rings. The van der Waals surface area contributed by atoms with E-state index in [1.165, 1.54) is 36.8 Å². The van der Waals surface area contributed by atoms with Crippen LogP contribution in [0.3, 0.4) is 0 Å². The molecule has 1 saturated carbocycles. The Morgan fingerprint density at radius 1 is 1.00 bits per heavy atom. The molecule has 0 saturated heterocycles. The highest BCUT2D eigenvalue weighted by Crippen LogP contribution is 2.30. The molecule has 2 heteroatoms. The van der Waals surface area contributed by atoms with E-state index in [4.69, 9.17) is 0 Å². The third kappa shape index (κ3) is 4.47. The summed E-state index contributed by atoms with van der Waals surface area (Å²) in [4.78, 5) is 12.3. The van der Waals surface area contributed by atoms with Crippen LogP contribution in [-0.2, 0) is 6.42 Å². The first-order chi connectivity index (χ1) is 11.7. The van der Waals surface area contributed by atoms with E-state index in [1.54, 1.807) is 0 Å². The maximum atomic E-state index is 12.3. The van der Waals surface area contributed by atoms with Crippen molar-refractivity contribution in [2.45, 2.75) is 39.0 Å². The first-order valence-electron chi connectivity index (χ1n) is 9.13. The summed E-state index contributed by atoms with van der Waals surface area (Å²) in [5.74, 6) is 1.42. The summed E-state index contributed by atoms with van der Waals surface area (Å²) in [7, 11) is 0. The maximum absolute atomic E-state index is 12.3. The normalized spacial score (nSPS) is 16.0. The topological polar surface area (TPSA) is 29.1 Å². The van der Waals surface area contributed by atoms with Gasteiger partial charge in [-0.25, -0.2) is 0 Å². The lowest BCUT2D eigenvalue weighted by atomic mass is 9.92. The molecule has 1 atom stereocenters. The summed E-state index contributed by atoms with van der Waals surface area (Å²) in [6.45, 7) is 3.05. The lowest BCUT2D eigenvalue weighted by Crippen LogP contribution is -2.30. The van der Waals surface area contributed by atoms with Crippen molar-refractivity contribution in [1.29, 1.82) is 0 Å². The van der Waals surface area contributed by atoms with Gasteiger partial charge in [0.15, 0.2) is 0 Å². The maximum Gasteiger partial charge on any atom is 0.251 e. The van der Waals surface area contributed by atoms with E-state index in [9.17, 15) is 4.79 Å². The van der Waals surface area contributed by atoms with E-state index < -0.39 is 0 Å². The van der Waals surface area contributed by atoms with Crippen LogP contribution in [-0.4, -0.2) is 12.5 Å². The predicted octanol–water partition coefficient (Wildman–Crippen LogP) is 4.83. The monoisotopic (exact) mass is 321 g/mol. The molecule has 0 aliphatic heterocycles. The van der Waals surface area contributed by atoms with Gasteiger partial charge in [0.05, 0.1) is 0 Å². The van der Waals surface area contributed by atoms with Gasteiger partial charge in [-0.15, -0.1) is 0 Å². The second kappa shape index (κ2) is 8.14. The Kier molecular flexibility index (Phi) is 5.68. The second-order valence-electron chi connectivity index (χ2n) is 7.09.